The quantitative estimate of drug-likeness (QED) is 0.374. The van der Waals surface area contributed by atoms with Gasteiger partial charge in [0.15, 0.2) is 17.0 Å². The van der Waals surface area contributed by atoms with Gasteiger partial charge in [0.2, 0.25) is 5.95 Å². The molecule has 168 valence electrons. The molecule has 0 amide bonds. The second kappa shape index (κ2) is 9.72. The van der Waals surface area contributed by atoms with Crippen molar-refractivity contribution >= 4 is 40.4 Å². The number of hydrogen-bond donors (Lipinski definition) is 2. The smallest absolute Gasteiger partial charge is 0.231 e. The lowest BCUT2D eigenvalue weighted by atomic mass is 10.1. The average Bonchev–Trinajstić information content (AvgIpc) is 3.27. The average molecular weight is 451 g/mol. The largest absolute Gasteiger partial charge is 0.495 e. The molecule has 0 fully saturated rings. The minimum absolute atomic E-state index is 0.389. The first-order chi connectivity index (χ1) is 16.6. The maximum Gasteiger partial charge on any atom is 0.231 e. The summed E-state index contributed by atoms with van der Waals surface area (Å²) in [5.74, 6) is 1.52. The lowest BCUT2D eigenvalue weighted by Crippen LogP contribution is -2.05. The number of methoxy groups -OCH3 is 1. The van der Waals surface area contributed by atoms with Gasteiger partial charge < -0.3 is 19.9 Å². The van der Waals surface area contributed by atoms with Crippen molar-refractivity contribution in [1.29, 1.82) is 10.5 Å². The van der Waals surface area contributed by atoms with E-state index < -0.39 is 0 Å². The third kappa shape index (κ3) is 4.50. The first-order valence-corrected chi connectivity index (χ1v) is 10.6. The maximum absolute atomic E-state index is 9.03. The minimum atomic E-state index is 0.389. The van der Waals surface area contributed by atoms with Crippen LogP contribution in [0.25, 0.3) is 17.2 Å². The summed E-state index contributed by atoms with van der Waals surface area (Å²) in [6.45, 7) is 4.67. The van der Waals surface area contributed by atoms with E-state index in [9.17, 15) is 0 Å². The first-order valence-electron chi connectivity index (χ1n) is 10.6. The Bertz CT molecular complexity index is 1460. The topological polar surface area (TPSA) is 124 Å². The summed E-state index contributed by atoms with van der Waals surface area (Å²) in [4.78, 5) is 13.9. The van der Waals surface area contributed by atoms with Crippen molar-refractivity contribution in [3.8, 4) is 17.9 Å². The molecule has 34 heavy (non-hydrogen) atoms. The summed E-state index contributed by atoms with van der Waals surface area (Å²) >= 11 is 0. The molecule has 0 aliphatic carbocycles. The molecule has 2 aromatic heterocycles. The number of hydrogen-bond acceptors (Lipinski definition) is 8. The maximum atomic E-state index is 9.03. The number of nitrogens with zero attached hydrogens (tertiary/aromatic N) is 6. The van der Waals surface area contributed by atoms with Crippen LogP contribution in [-0.2, 0) is 6.54 Å². The molecule has 0 saturated carbocycles. The summed E-state index contributed by atoms with van der Waals surface area (Å²) in [6.07, 6.45) is 4.88. The molecule has 9 heteroatoms. The fourth-order valence-corrected chi connectivity index (χ4v) is 3.53. The van der Waals surface area contributed by atoms with Gasteiger partial charge in [-0.3, -0.25) is 0 Å². The SMILES string of the molecule is CCn1cnc2c(Nc3c(C)cc(/C=C/C#N)cc3OC)nc(Nc3ccc(C#N)cc3)nc21. The molecular weight excluding hydrogens is 428 g/mol. The molecule has 4 rings (SSSR count). The predicted octanol–water partition coefficient (Wildman–Crippen LogP) is 5.06. The molecular formula is C25H22N8O. The van der Waals surface area contributed by atoms with E-state index >= 15 is 0 Å². The van der Waals surface area contributed by atoms with E-state index in [4.69, 9.17) is 15.3 Å². The number of aryl methyl sites for hydroxylation is 2. The number of rotatable bonds is 7. The third-order valence-corrected chi connectivity index (χ3v) is 5.21. The van der Waals surface area contributed by atoms with Gasteiger partial charge in [-0.1, -0.05) is 0 Å². The van der Waals surface area contributed by atoms with Crippen LogP contribution in [-0.4, -0.2) is 26.6 Å². The van der Waals surface area contributed by atoms with E-state index in [1.165, 1.54) is 6.08 Å². The van der Waals surface area contributed by atoms with E-state index in [0.717, 1.165) is 22.5 Å². The van der Waals surface area contributed by atoms with Crippen molar-refractivity contribution in [1.82, 2.24) is 19.5 Å². The number of aromatic nitrogens is 4. The number of nitrogens with one attached hydrogen (secondary N) is 2. The fraction of sp³-hybridized carbons (Fsp3) is 0.160. The molecule has 2 heterocycles. The Labute approximate surface area is 197 Å². The highest BCUT2D eigenvalue weighted by atomic mass is 16.5. The van der Waals surface area contributed by atoms with Crippen LogP contribution in [0.4, 0.5) is 23.1 Å². The van der Waals surface area contributed by atoms with Crippen molar-refractivity contribution in [2.75, 3.05) is 17.7 Å². The van der Waals surface area contributed by atoms with Crippen LogP contribution >= 0.6 is 0 Å². The number of imidazole rings is 1. The van der Waals surface area contributed by atoms with Gasteiger partial charge in [-0.2, -0.15) is 20.5 Å². The van der Waals surface area contributed by atoms with Crippen LogP contribution in [0.15, 0.2) is 48.8 Å². The Morgan fingerprint density at radius 3 is 2.59 bits per heavy atom. The van der Waals surface area contributed by atoms with Gasteiger partial charge in [-0.25, -0.2) is 4.98 Å². The van der Waals surface area contributed by atoms with Crippen LogP contribution < -0.4 is 15.4 Å². The van der Waals surface area contributed by atoms with E-state index in [-0.39, 0.29) is 0 Å². The van der Waals surface area contributed by atoms with Crippen molar-refractivity contribution in [2.45, 2.75) is 20.4 Å². The predicted molar refractivity (Wildman–Crippen MR) is 131 cm³/mol. The molecule has 4 aromatic rings. The molecule has 0 saturated heterocycles. The number of nitriles is 2. The molecule has 0 aliphatic heterocycles. The van der Waals surface area contributed by atoms with Crippen LogP contribution in [0.3, 0.4) is 0 Å². The second-order valence-electron chi connectivity index (χ2n) is 7.42. The van der Waals surface area contributed by atoms with Crippen molar-refractivity contribution in [2.24, 2.45) is 0 Å². The van der Waals surface area contributed by atoms with Crippen LogP contribution in [0, 0.1) is 29.6 Å². The molecule has 0 spiro atoms. The van der Waals surface area contributed by atoms with Gasteiger partial charge in [0, 0.05) is 18.3 Å². The number of benzene rings is 2. The summed E-state index contributed by atoms with van der Waals surface area (Å²) in [5, 5.41) is 24.4. The van der Waals surface area contributed by atoms with Gasteiger partial charge in [0.25, 0.3) is 0 Å². The van der Waals surface area contributed by atoms with Gasteiger partial charge in [0.1, 0.15) is 5.75 Å². The first kappa shape index (κ1) is 22.3. The van der Waals surface area contributed by atoms with Crippen LogP contribution in [0.5, 0.6) is 5.75 Å². The highest BCUT2D eigenvalue weighted by Gasteiger charge is 2.17. The summed E-state index contributed by atoms with van der Waals surface area (Å²) < 4.78 is 7.55. The van der Waals surface area contributed by atoms with Crippen molar-refractivity contribution in [3.05, 3.63) is 65.5 Å². The molecule has 0 aliphatic rings. The van der Waals surface area contributed by atoms with E-state index in [1.54, 1.807) is 43.8 Å². The lowest BCUT2D eigenvalue weighted by Gasteiger charge is -2.16. The van der Waals surface area contributed by atoms with E-state index in [1.807, 2.05) is 36.6 Å². The standard InChI is InChI=1S/C25H22N8O/c1-4-33-15-28-22-23(30-21-16(2)12-18(6-5-11-26)13-20(21)34-3)31-25(32-24(22)33)29-19-9-7-17(14-27)8-10-19/h5-10,12-13,15H,4H2,1-3H3,(H2,29,30,31,32)/b6-5+. The highest BCUT2D eigenvalue weighted by molar-refractivity contribution is 5.88. The summed E-state index contributed by atoms with van der Waals surface area (Å²) in [7, 11) is 1.59. The second-order valence-corrected chi connectivity index (χ2v) is 7.42. The fourth-order valence-electron chi connectivity index (χ4n) is 3.53. The zero-order valence-electron chi connectivity index (χ0n) is 19.0. The van der Waals surface area contributed by atoms with Crippen molar-refractivity contribution in [3.63, 3.8) is 0 Å². The molecule has 2 aromatic carbocycles. The molecule has 0 bridgehead atoms. The van der Waals surface area contributed by atoms with E-state index in [2.05, 4.69) is 31.7 Å². The highest BCUT2D eigenvalue weighted by Crippen LogP contribution is 2.34. The minimum Gasteiger partial charge on any atom is -0.495 e. The Morgan fingerprint density at radius 2 is 1.91 bits per heavy atom. The summed E-state index contributed by atoms with van der Waals surface area (Å²) in [5.41, 5.74) is 5.15. The van der Waals surface area contributed by atoms with E-state index in [0.29, 0.717) is 40.8 Å². The van der Waals surface area contributed by atoms with Gasteiger partial charge in [-0.05, 0) is 67.4 Å². The normalized spacial score (nSPS) is 10.7. The van der Waals surface area contributed by atoms with Gasteiger partial charge >= 0.3 is 0 Å². The lowest BCUT2D eigenvalue weighted by molar-refractivity contribution is 0.416. The molecule has 0 atom stereocenters. The van der Waals surface area contributed by atoms with Crippen LogP contribution in [0.1, 0.15) is 23.6 Å². The van der Waals surface area contributed by atoms with Gasteiger partial charge in [0.05, 0.1) is 36.8 Å². The van der Waals surface area contributed by atoms with Crippen LogP contribution in [0.2, 0.25) is 0 Å². The summed E-state index contributed by atoms with van der Waals surface area (Å²) in [6, 6.07) is 15.0. The zero-order valence-corrected chi connectivity index (χ0v) is 19.0. The van der Waals surface area contributed by atoms with Gasteiger partial charge in [-0.15, -0.1) is 0 Å². The Morgan fingerprint density at radius 1 is 1.12 bits per heavy atom. The zero-order chi connectivity index (χ0) is 24.1. The third-order valence-electron chi connectivity index (χ3n) is 5.21. The number of ether oxygens (including phenoxy) is 1. The molecule has 2 N–H and O–H groups in total. The number of anilines is 4. The monoisotopic (exact) mass is 450 g/mol. The molecule has 0 unspecified atom stereocenters. The van der Waals surface area contributed by atoms with Crippen molar-refractivity contribution < 1.29 is 4.74 Å². The molecule has 9 nitrogen and oxygen atoms in total. The number of allylic oxidation sites excluding steroid dienone is 1. The Hall–Kier alpha value is -4.89. The molecule has 0 radical (unpaired) electrons. The Balaban J connectivity index is 1.77. The Kier molecular flexibility index (Phi) is 6.38. The number of fused-ring (bicyclic) bond motifs is 1.